The number of rotatable bonds is 4. The van der Waals surface area contributed by atoms with Gasteiger partial charge < -0.3 is 4.90 Å². The molecule has 0 saturated heterocycles. The Bertz CT molecular complexity index is 1030. The van der Waals surface area contributed by atoms with Crippen LogP contribution in [0.2, 0.25) is 10.0 Å². The summed E-state index contributed by atoms with van der Waals surface area (Å²) in [4.78, 5) is 30.4. The van der Waals surface area contributed by atoms with E-state index in [0.717, 1.165) is 0 Å². The molecule has 3 aromatic rings. The van der Waals surface area contributed by atoms with Gasteiger partial charge in [0.15, 0.2) is 0 Å². The lowest BCUT2D eigenvalue weighted by Gasteiger charge is -2.19. The minimum atomic E-state index is -0.490. The first kappa shape index (κ1) is 18.4. The van der Waals surface area contributed by atoms with E-state index in [1.54, 1.807) is 18.2 Å². The lowest BCUT2D eigenvalue weighted by Crippen LogP contribution is -2.34. The van der Waals surface area contributed by atoms with Crippen LogP contribution in [-0.2, 0) is 17.9 Å². The molecule has 0 radical (unpaired) electrons. The molecule has 0 aliphatic carbocycles. The van der Waals surface area contributed by atoms with E-state index in [2.05, 4.69) is 4.98 Å². The number of carbonyl (C=O) groups is 1. The standard InChI is InChI=1S/C18H14Cl2FN3O2/c1-23(8-13-14(20)3-2-4-15(13)21)17(25)9-24-10-22-16-6-5-11(19)7-12(16)18(24)26/h2-7,10H,8-9H2,1H3. The number of amides is 1. The van der Waals surface area contributed by atoms with E-state index in [4.69, 9.17) is 23.2 Å². The quantitative estimate of drug-likeness (QED) is 0.681. The number of carbonyl (C=O) groups excluding carboxylic acids is 1. The highest BCUT2D eigenvalue weighted by molar-refractivity contribution is 6.31. The van der Waals surface area contributed by atoms with Gasteiger partial charge in [-0.2, -0.15) is 0 Å². The van der Waals surface area contributed by atoms with Gasteiger partial charge in [0.25, 0.3) is 5.56 Å². The molecule has 3 rings (SSSR count). The van der Waals surface area contributed by atoms with Crippen molar-refractivity contribution in [2.75, 3.05) is 7.05 Å². The number of aromatic nitrogens is 2. The summed E-state index contributed by atoms with van der Waals surface area (Å²) < 4.78 is 15.1. The van der Waals surface area contributed by atoms with E-state index >= 15 is 0 Å². The highest BCUT2D eigenvalue weighted by atomic mass is 35.5. The molecule has 0 saturated carbocycles. The molecule has 0 fully saturated rings. The Kier molecular flexibility index (Phi) is 5.25. The Morgan fingerprint density at radius 2 is 2.04 bits per heavy atom. The minimum absolute atomic E-state index is 0.00801. The Morgan fingerprint density at radius 1 is 1.27 bits per heavy atom. The monoisotopic (exact) mass is 393 g/mol. The molecular weight excluding hydrogens is 380 g/mol. The first-order chi connectivity index (χ1) is 12.4. The maximum atomic E-state index is 13.9. The van der Waals surface area contributed by atoms with Crippen LogP contribution >= 0.6 is 23.2 Å². The lowest BCUT2D eigenvalue weighted by molar-refractivity contribution is -0.131. The number of hydrogen-bond acceptors (Lipinski definition) is 3. The van der Waals surface area contributed by atoms with Crippen molar-refractivity contribution in [1.82, 2.24) is 14.5 Å². The fourth-order valence-electron chi connectivity index (χ4n) is 2.52. The predicted molar refractivity (Wildman–Crippen MR) is 98.9 cm³/mol. The molecule has 0 unspecified atom stereocenters. The van der Waals surface area contributed by atoms with Gasteiger partial charge in [-0.15, -0.1) is 0 Å². The fraction of sp³-hybridized carbons (Fsp3) is 0.167. The van der Waals surface area contributed by atoms with E-state index in [0.29, 0.717) is 15.9 Å². The average molecular weight is 394 g/mol. The number of halogens is 3. The zero-order chi connectivity index (χ0) is 18.8. The van der Waals surface area contributed by atoms with Crippen molar-refractivity contribution in [2.45, 2.75) is 13.1 Å². The van der Waals surface area contributed by atoms with Crippen molar-refractivity contribution in [3.8, 4) is 0 Å². The number of fused-ring (bicyclic) bond motifs is 1. The highest BCUT2D eigenvalue weighted by Crippen LogP contribution is 2.20. The number of nitrogens with zero attached hydrogens (tertiary/aromatic N) is 3. The lowest BCUT2D eigenvalue weighted by atomic mass is 10.2. The highest BCUT2D eigenvalue weighted by Gasteiger charge is 2.16. The molecule has 0 aliphatic heterocycles. The van der Waals surface area contributed by atoms with Crippen LogP contribution in [0.15, 0.2) is 47.5 Å². The summed E-state index contributed by atoms with van der Waals surface area (Å²) in [7, 11) is 1.52. The summed E-state index contributed by atoms with van der Waals surface area (Å²) in [6.07, 6.45) is 1.31. The Labute approximate surface area is 158 Å². The maximum absolute atomic E-state index is 13.9. The zero-order valence-electron chi connectivity index (χ0n) is 13.7. The Hall–Kier alpha value is -2.44. The van der Waals surface area contributed by atoms with Gasteiger partial charge in [0.1, 0.15) is 12.4 Å². The first-order valence-corrected chi connectivity index (χ1v) is 8.44. The SMILES string of the molecule is CN(Cc1c(F)cccc1Cl)C(=O)Cn1cnc2ccc(Cl)cc2c1=O. The van der Waals surface area contributed by atoms with Crippen molar-refractivity contribution in [3.63, 3.8) is 0 Å². The van der Waals surface area contributed by atoms with Crippen LogP contribution in [0, 0.1) is 5.82 Å². The summed E-state index contributed by atoms with van der Waals surface area (Å²) in [6, 6.07) is 9.11. The number of likely N-dealkylation sites (N-methyl/N-ethyl adjacent to an activating group) is 1. The maximum Gasteiger partial charge on any atom is 0.261 e. The number of hydrogen-bond donors (Lipinski definition) is 0. The second-order valence-corrected chi connectivity index (χ2v) is 6.63. The van der Waals surface area contributed by atoms with Crippen LogP contribution in [-0.4, -0.2) is 27.4 Å². The molecule has 134 valence electrons. The van der Waals surface area contributed by atoms with Crippen molar-refractivity contribution in [1.29, 1.82) is 0 Å². The van der Waals surface area contributed by atoms with E-state index in [9.17, 15) is 14.0 Å². The molecule has 5 nitrogen and oxygen atoms in total. The molecule has 8 heteroatoms. The van der Waals surface area contributed by atoms with E-state index < -0.39 is 5.82 Å². The molecule has 0 aliphatic rings. The van der Waals surface area contributed by atoms with Gasteiger partial charge in [-0.3, -0.25) is 14.2 Å². The molecular formula is C18H14Cl2FN3O2. The molecule has 26 heavy (non-hydrogen) atoms. The third-order valence-corrected chi connectivity index (χ3v) is 4.56. The largest absolute Gasteiger partial charge is 0.340 e. The van der Waals surface area contributed by atoms with Crippen molar-refractivity contribution in [3.05, 3.63) is 74.5 Å². The molecule has 1 heterocycles. The second kappa shape index (κ2) is 7.43. The van der Waals surface area contributed by atoms with E-state index in [1.165, 1.54) is 41.0 Å². The van der Waals surface area contributed by atoms with Gasteiger partial charge in [-0.25, -0.2) is 9.37 Å². The van der Waals surface area contributed by atoms with Crippen LogP contribution in [0.4, 0.5) is 4.39 Å². The van der Waals surface area contributed by atoms with Crippen molar-refractivity contribution >= 4 is 40.0 Å². The second-order valence-electron chi connectivity index (χ2n) is 5.79. The van der Waals surface area contributed by atoms with Gasteiger partial charge >= 0.3 is 0 Å². The Morgan fingerprint density at radius 3 is 2.77 bits per heavy atom. The molecule has 1 amide bonds. The third-order valence-electron chi connectivity index (χ3n) is 3.97. The Balaban J connectivity index is 1.82. The molecule has 1 aromatic heterocycles. The minimum Gasteiger partial charge on any atom is -0.340 e. The van der Waals surface area contributed by atoms with Gasteiger partial charge in [-0.05, 0) is 30.3 Å². The van der Waals surface area contributed by atoms with Gasteiger partial charge in [-0.1, -0.05) is 29.3 Å². The normalized spacial score (nSPS) is 10.9. The summed E-state index contributed by atoms with van der Waals surface area (Å²) in [5.41, 5.74) is 0.346. The summed E-state index contributed by atoms with van der Waals surface area (Å²) >= 11 is 11.9. The van der Waals surface area contributed by atoms with Crippen molar-refractivity contribution in [2.24, 2.45) is 0 Å². The topological polar surface area (TPSA) is 55.2 Å². The van der Waals surface area contributed by atoms with Crippen molar-refractivity contribution < 1.29 is 9.18 Å². The van der Waals surface area contributed by atoms with Crippen LogP contribution in [0.25, 0.3) is 10.9 Å². The van der Waals surface area contributed by atoms with Gasteiger partial charge in [0, 0.05) is 29.2 Å². The number of benzene rings is 2. The molecule has 0 bridgehead atoms. The molecule has 0 atom stereocenters. The first-order valence-electron chi connectivity index (χ1n) is 7.68. The van der Waals surface area contributed by atoms with Gasteiger partial charge in [0.05, 0.1) is 17.2 Å². The van der Waals surface area contributed by atoms with Crippen LogP contribution in [0.3, 0.4) is 0 Å². The summed E-state index contributed by atoms with van der Waals surface area (Å²) in [6.45, 7) is -0.233. The average Bonchev–Trinajstić information content (AvgIpc) is 2.61. The molecule has 0 spiro atoms. The molecule has 2 aromatic carbocycles. The predicted octanol–water partition coefficient (Wildman–Crippen LogP) is 3.50. The van der Waals surface area contributed by atoms with Crippen LogP contribution in [0.5, 0.6) is 0 Å². The van der Waals surface area contributed by atoms with Crippen LogP contribution < -0.4 is 5.56 Å². The molecule has 0 N–H and O–H groups in total. The summed E-state index contributed by atoms with van der Waals surface area (Å²) in [5, 5.41) is 0.975. The third kappa shape index (κ3) is 3.71. The summed E-state index contributed by atoms with van der Waals surface area (Å²) in [5.74, 6) is -0.870. The van der Waals surface area contributed by atoms with Crippen LogP contribution in [0.1, 0.15) is 5.56 Å². The van der Waals surface area contributed by atoms with E-state index in [-0.39, 0.29) is 35.1 Å². The fourth-order valence-corrected chi connectivity index (χ4v) is 2.91. The smallest absolute Gasteiger partial charge is 0.261 e. The van der Waals surface area contributed by atoms with Gasteiger partial charge in [0.2, 0.25) is 5.91 Å². The zero-order valence-corrected chi connectivity index (χ0v) is 15.3. The van der Waals surface area contributed by atoms with E-state index in [1.807, 2.05) is 0 Å².